The molecule has 0 spiro atoms. The first-order valence-electron chi connectivity index (χ1n) is 3.42. The largest absolute Gasteiger partial charge is 0.395 e. The Morgan fingerprint density at radius 3 is 2.60 bits per heavy atom. The Balaban J connectivity index is 3.68. The van der Waals surface area contributed by atoms with Crippen LogP contribution in [0.25, 0.3) is 0 Å². The minimum atomic E-state index is -0.0665. The summed E-state index contributed by atoms with van der Waals surface area (Å²) < 4.78 is 0. The van der Waals surface area contributed by atoms with Crippen LogP contribution < -0.4 is 0 Å². The Hall–Kier alpha value is 0.0500. The maximum Gasteiger partial charge on any atom is 0.0519 e. The van der Waals surface area contributed by atoms with Gasteiger partial charge in [0.15, 0.2) is 0 Å². The number of hydrogen-bond donors (Lipinski definition) is 1. The van der Waals surface area contributed by atoms with Crippen molar-refractivity contribution < 1.29 is 5.11 Å². The molecule has 0 aromatic heterocycles. The van der Waals surface area contributed by atoms with Gasteiger partial charge in [-0.15, -0.1) is 6.58 Å². The summed E-state index contributed by atoms with van der Waals surface area (Å²) in [7, 11) is 0. The molecule has 0 heterocycles. The third kappa shape index (κ3) is 3.28. The van der Waals surface area contributed by atoms with Crippen molar-refractivity contribution in [3.63, 3.8) is 0 Å². The van der Waals surface area contributed by atoms with Crippen LogP contribution in [-0.2, 0) is 0 Å². The molecule has 1 nitrogen and oxygen atoms in total. The first kappa shape index (κ1) is 10.0. The normalized spacial score (nSPS) is 16.3. The summed E-state index contributed by atoms with van der Waals surface area (Å²) >= 11 is 1.80. The lowest BCUT2D eigenvalue weighted by molar-refractivity contribution is 0.182. The molecule has 0 saturated carbocycles. The molecule has 1 atom stereocenters. The Kier molecular flexibility index (Phi) is 4.83. The zero-order valence-electron chi connectivity index (χ0n) is 6.76. The smallest absolute Gasteiger partial charge is 0.0519 e. The highest BCUT2D eigenvalue weighted by molar-refractivity contribution is 7.98. The lowest BCUT2D eigenvalue weighted by Gasteiger charge is -2.21. The van der Waals surface area contributed by atoms with E-state index >= 15 is 0 Å². The summed E-state index contributed by atoms with van der Waals surface area (Å²) in [5.74, 6) is 1.09. The summed E-state index contributed by atoms with van der Waals surface area (Å²) in [4.78, 5) is 0. The molecule has 0 aliphatic carbocycles. The Morgan fingerprint density at radius 2 is 2.30 bits per heavy atom. The van der Waals surface area contributed by atoms with Gasteiger partial charge in [-0.2, -0.15) is 11.8 Å². The SMILES string of the molecule is C=CC(C)(CO)CCSC. The van der Waals surface area contributed by atoms with E-state index in [1.54, 1.807) is 11.8 Å². The van der Waals surface area contributed by atoms with Crippen LogP contribution in [0.1, 0.15) is 13.3 Å². The van der Waals surface area contributed by atoms with Crippen LogP contribution in [0.5, 0.6) is 0 Å². The second-order valence-corrected chi connectivity index (χ2v) is 3.74. The van der Waals surface area contributed by atoms with Crippen LogP contribution in [0.15, 0.2) is 12.7 Å². The average molecular weight is 160 g/mol. The molecule has 0 rings (SSSR count). The molecule has 0 saturated heterocycles. The number of hydrogen-bond acceptors (Lipinski definition) is 2. The highest BCUT2D eigenvalue weighted by Gasteiger charge is 2.17. The summed E-state index contributed by atoms with van der Waals surface area (Å²) in [6.45, 7) is 5.92. The number of aliphatic hydroxyl groups is 1. The lowest BCUT2D eigenvalue weighted by Crippen LogP contribution is -2.18. The third-order valence-corrected chi connectivity index (χ3v) is 2.34. The van der Waals surface area contributed by atoms with Crippen molar-refractivity contribution in [2.24, 2.45) is 5.41 Å². The number of aliphatic hydroxyl groups excluding tert-OH is 1. The first-order chi connectivity index (χ1) is 4.68. The van der Waals surface area contributed by atoms with Crippen molar-refractivity contribution >= 4 is 11.8 Å². The van der Waals surface area contributed by atoms with Crippen LogP contribution in [0.4, 0.5) is 0 Å². The first-order valence-corrected chi connectivity index (χ1v) is 4.81. The fraction of sp³-hybridized carbons (Fsp3) is 0.750. The van der Waals surface area contributed by atoms with Gasteiger partial charge in [-0.1, -0.05) is 13.0 Å². The van der Waals surface area contributed by atoms with Crippen molar-refractivity contribution in [3.05, 3.63) is 12.7 Å². The van der Waals surface area contributed by atoms with Crippen molar-refractivity contribution in [2.45, 2.75) is 13.3 Å². The monoisotopic (exact) mass is 160 g/mol. The van der Waals surface area contributed by atoms with E-state index < -0.39 is 0 Å². The van der Waals surface area contributed by atoms with Gasteiger partial charge in [0.1, 0.15) is 0 Å². The standard InChI is InChI=1S/C8H16OS/c1-4-8(2,7-9)5-6-10-3/h4,9H,1,5-7H2,2-3H3. The van der Waals surface area contributed by atoms with Gasteiger partial charge in [-0.3, -0.25) is 0 Å². The zero-order chi connectivity index (χ0) is 8.04. The van der Waals surface area contributed by atoms with Crippen molar-refractivity contribution in [1.82, 2.24) is 0 Å². The maximum absolute atomic E-state index is 8.93. The van der Waals surface area contributed by atoms with Crippen LogP contribution in [0.2, 0.25) is 0 Å². The van der Waals surface area contributed by atoms with Gasteiger partial charge in [0.2, 0.25) is 0 Å². The molecule has 0 aromatic carbocycles. The molecule has 0 aliphatic rings. The van der Waals surface area contributed by atoms with E-state index in [-0.39, 0.29) is 12.0 Å². The topological polar surface area (TPSA) is 20.2 Å². The number of thioether (sulfide) groups is 1. The van der Waals surface area contributed by atoms with Gasteiger partial charge in [0.25, 0.3) is 0 Å². The van der Waals surface area contributed by atoms with Crippen LogP contribution in [0, 0.1) is 5.41 Å². The van der Waals surface area contributed by atoms with E-state index in [4.69, 9.17) is 5.11 Å². The molecule has 2 heteroatoms. The molecule has 0 bridgehead atoms. The maximum atomic E-state index is 8.93. The molecular weight excluding hydrogens is 144 g/mol. The number of rotatable bonds is 5. The molecule has 1 N–H and O–H groups in total. The fourth-order valence-corrected chi connectivity index (χ4v) is 1.25. The van der Waals surface area contributed by atoms with E-state index in [0.717, 1.165) is 12.2 Å². The minimum Gasteiger partial charge on any atom is -0.395 e. The summed E-state index contributed by atoms with van der Waals surface area (Å²) in [5, 5.41) is 8.93. The van der Waals surface area contributed by atoms with E-state index in [1.165, 1.54) is 0 Å². The van der Waals surface area contributed by atoms with Crippen molar-refractivity contribution in [2.75, 3.05) is 18.6 Å². The lowest BCUT2D eigenvalue weighted by atomic mass is 9.89. The van der Waals surface area contributed by atoms with Crippen LogP contribution in [0.3, 0.4) is 0 Å². The van der Waals surface area contributed by atoms with Gasteiger partial charge in [0, 0.05) is 5.41 Å². The molecule has 0 radical (unpaired) electrons. The highest BCUT2D eigenvalue weighted by Crippen LogP contribution is 2.22. The van der Waals surface area contributed by atoms with E-state index in [2.05, 4.69) is 12.8 Å². The van der Waals surface area contributed by atoms with E-state index in [1.807, 2.05) is 13.0 Å². The summed E-state index contributed by atoms with van der Waals surface area (Å²) in [5.41, 5.74) is -0.0665. The predicted molar refractivity (Wildman–Crippen MR) is 48.4 cm³/mol. The Labute approximate surface area is 67.5 Å². The van der Waals surface area contributed by atoms with Gasteiger partial charge in [-0.25, -0.2) is 0 Å². The van der Waals surface area contributed by atoms with Gasteiger partial charge in [-0.05, 0) is 18.4 Å². The molecule has 0 aromatic rings. The third-order valence-electron chi connectivity index (χ3n) is 1.73. The molecule has 1 unspecified atom stereocenters. The van der Waals surface area contributed by atoms with Gasteiger partial charge in [0.05, 0.1) is 6.61 Å². The molecular formula is C8H16OS. The quantitative estimate of drug-likeness (QED) is 0.620. The van der Waals surface area contributed by atoms with Crippen LogP contribution in [-0.4, -0.2) is 23.7 Å². The molecule has 10 heavy (non-hydrogen) atoms. The molecule has 60 valence electrons. The van der Waals surface area contributed by atoms with Gasteiger partial charge >= 0.3 is 0 Å². The van der Waals surface area contributed by atoms with E-state index in [0.29, 0.717) is 0 Å². The fourth-order valence-electron chi connectivity index (χ4n) is 0.581. The van der Waals surface area contributed by atoms with Crippen molar-refractivity contribution in [1.29, 1.82) is 0 Å². The zero-order valence-corrected chi connectivity index (χ0v) is 7.58. The van der Waals surface area contributed by atoms with Crippen molar-refractivity contribution in [3.8, 4) is 0 Å². The highest BCUT2D eigenvalue weighted by atomic mass is 32.2. The summed E-state index contributed by atoms with van der Waals surface area (Å²) in [6.07, 6.45) is 4.91. The average Bonchev–Trinajstić information content (AvgIpc) is 2.00. The second kappa shape index (κ2) is 4.80. The Bertz CT molecular complexity index is 103. The minimum absolute atomic E-state index is 0.0665. The summed E-state index contributed by atoms with van der Waals surface area (Å²) in [6, 6.07) is 0. The van der Waals surface area contributed by atoms with Gasteiger partial charge < -0.3 is 5.11 Å². The molecule has 0 amide bonds. The van der Waals surface area contributed by atoms with E-state index in [9.17, 15) is 0 Å². The van der Waals surface area contributed by atoms with Crippen LogP contribution >= 0.6 is 11.8 Å². The predicted octanol–water partition coefficient (Wildman–Crippen LogP) is 1.92. The Morgan fingerprint density at radius 1 is 1.70 bits per heavy atom. The second-order valence-electron chi connectivity index (χ2n) is 2.76. The molecule has 0 fully saturated rings. The molecule has 0 aliphatic heterocycles.